The van der Waals surface area contributed by atoms with Gasteiger partial charge in [-0.25, -0.2) is 0 Å². The SMILES string of the molecule is C=CCC(=C/C=C/CC)CC=C. The van der Waals surface area contributed by atoms with Crippen LogP contribution in [0.4, 0.5) is 0 Å². The zero-order valence-corrected chi connectivity index (χ0v) is 7.92. The van der Waals surface area contributed by atoms with E-state index in [2.05, 4.69) is 38.3 Å². The first-order chi connectivity index (χ1) is 5.85. The molecule has 0 heterocycles. The summed E-state index contributed by atoms with van der Waals surface area (Å²) in [5.74, 6) is 0. The quantitative estimate of drug-likeness (QED) is 0.408. The van der Waals surface area contributed by atoms with Crippen molar-refractivity contribution in [2.45, 2.75) is 26.2 Å². The van der Waals surface area contributed by atoms with Crippen LogP contribution in [0.1, 0.15) is 26.2 Å². The smallest absolute Gasteiger partial charge is 0.0135 e. The van der Waals surface area contributed by atoms with E-state index < -0.39 is 0 Å². The summed E-state index contributed by atoms with van der Waals surface area (Å²) in [6.07, 6.45) is 13.2. The molecule has 0 atom stereocenters. The number of hydrogen-bond acceptors (Lipinski definition) is 0. The van der Waals surface area contributed by atoms with Crippen LogP contribution in [0.15, 0.2) is 49.1 Å². The standard InChI is InChI=1S/C12H18/c1-4-7-8-11-12(9-5-2)10-6-3/h5-8,11H,2-4,9-10H2,1H3/b8-7+. The Morgan fingerprint density at radius 3 is 2.17 bits per heavy atom. The zero-order valence-electron chi connectivity index (χ0n) is 7.92. The van der Waals surface area contributed by atoms with Crippen LogP contribution in [0.2, 0.25) is 0 Å². The molecule has 0 nitrogen and oxygen atoms in total. The van der Waals surface area contributed by atoms with Crippen LogP contribution in [0, 0.1) is 0 Å². The topological polar surface area (TPSA) is 0 Å². The Hall–Kier alpha value is -1.04. The summed E-state index contributed by atoms with van der Waals surface area (Å²) in [5, 5.41) is 0. The Balaban J connectivity index is 4.05. The fourth-order valence-electron chi connectivity index (χ4n) is 0.930. The Morgan fingerprint density at radius 1 is 1.17 bits per heavy atom. The maximum Gasteiger partial charge on any atom is -0.0135 e. The van der Waals surface area contributed by atoms with E-state index in [1.165, 1.54) is 5.57 Å². The highest BCUT2D eigenvalue weighted by atomic mass is 13.9. The predicted molar refractivity (Wildman–Crippen MR) is 57.1 cm³/mol. The van der Waals surface area contributed by atoms with Crippen molar-refractivity contribution in [1.29, 1.82) is 0 Å². The van der Waals surface area contributed by atoms with E-state index in [1.54, 1.807) is 0 Å². The summed E-state index contributed by atoms with van der Waals surface area (Å²) in [7, 11) is 0. The van der Waals surface area contributed by atoms with Crippen molar-refractivity contribution >= 4 is 0 Å². The van der Waals surface area contributed by atoms with Crippen LogP contribution in [0.3, 0.4) is 0 Å². The van der Waals surface area contributed by atoms with Gasteiger partial charge >= 0.3 is 0 Å². The van der Waals surface area contributed by atoms with Gasteiger partial charge in [0.1, 0.15) is 0 Å². The lowest BCUT2D eigenvalue weighted by Crippen LogP contribution is -1.77. The van der Waals surface area contributed by atoms with Crippen molar-refractivity contribution in [2.24, 2.45) is 0 Å². The van der Waals surface area contributed by atoms with Gasteiger partial charge in [0.2, 0.25) is 0 Å². The Morgan fingerprint density at radius 2 is 1.75 bits per heavy atom. The summed E-state index contributed by atoms with van der Waals surface area (Å²) in [6.45, 7) is 9.55. The van der Waals surface area contributed by atoms with Gasteiger partial charge in [0.05, 0.1) is 0 Å². The van der Waals surface area contributed by atoms with E-state index in [9.17, 15) is 0 Å². The van der Waals surface area contributed by atoms with Gasteiger partial charge in [0.15, 0.2) is 0 Å². The van der Waals surface area contributed by atoms with Gasteiger partial charge in [0.25, 0.3) is 0 Å². The number of allylic oxidation sites excluding steroid dienone is 6. The van der Waals surface area contributed by atoms with E-state index in [-0.39, 0.29) is 0 Å². The summed E-state index contributed by atoms with van der Waals surface area (Å²) in [6, 6.07) is 0. The van der Waals surface area contributed by atoms with Gasteiger partial charge in [-0.2, -0.15) is 0 Å². The van der Waals surface area contributed by atoms with Crippen LogP contribution >= 0.6 is 0 Å². The van der Waals surface area contributed by atoms with Crippen molar-refractivity contribution in [2.75, 3.05) is 0 Å². The first kappa shape index (κ1) is 11.0. The Labute approximate surface area is 76.0 Å². The van der Waals surface area contributed by atoms with E-state index >= 15 is 0 Å². The third-order valence-corrected chi connectivity index (χ3v) is 1.52. The molecule has 0 fully saturated rings. The predicted octanol–water partition coefficient (Wildman–Crippen LogP) is 4.03. The van der Waals surface area contributed by atoms with Gasteiger partial charge in [-0.05, 0) is 19.3 Å². The van der Waals surface area contributed by atoms with Crippen molar-refractivity contribution in [3.8, 4) is 0 Å². The van der Waals surface area contributed by atoms with Crippen LogP contribution in [0.5, 0.6) is 0 Å². The second-order valence-electron chi connectivity index (χ2n) is 2.65. The largest absolute Gasteiger partial charge is 0.103 e. The van der Waals surface area contributed by atoms with E-state index in [1.807, 2.05) is 12.2 Å². The molecule has 0 saturated carbocycles. The number of rotatable bonds is 6. The molecule has 0 aliphatic carbocycles. The second-order valence-corrected chi connectivity index (χ2v) is 2.65. The minimum atomic E-state index is 0.958. The minimum absolute atomic E-state index is 0.958. The molecule has 0 aromatic heterocycles. The molecular weight excluding hydrogens is 144 g/mol. The van der Waals surface area contributed by atoms with Crippen LogP contribution in [0.25, 0.3) is 0 Å². The lowest BCUT2D eigenvalue weighted by molar-refractivity contribution is 1.11. The molecular formula is C12H18. The lowest BCUT2D eigenvalue weighted by Gasteiger charge is -1.97. The highest BCUT2D eigenvalue weighted by Gasteiger charge is 1.88. The first-order valence-corrected chi connectivity index (χ1v) is 4.41. The van der Waals surface area contributed by atoms with Crippen LogP contribution in [-0.4, -0.2) is 0 Å². The first-order valence-electron chi connectivity index (χ1n) is 4.41. The molecule has 12 heavy (non-hydrogen) atoms. The Kier molecular flexibility index (Phi) is 7.36. The maximum absolute atomic E-state index is 3.71. The molecule has 0 bridgehead atoms. The fourth-order valence-corrected chi connectivity index (χ4v) is 0.930. The molecule has 0 rings (SSSR count). The summed E-state index contributed by atoms with van der Waals surface area (Å²) in [5.41, 5.74) is 1.37. The summed E-state index contributed by atoms with van der Waals surface area (Å²) in [4.78, 5) is 0. The third-order valence-electron chi connectivity index (χ3n) is 1.52. The summed E-state index contributed by atoms with van der Waals surface area (Å²) < 4.78 is 0. The van der Waals surface area contributed by atoms with E-state index in [0.29, 0.717) is 0 Å². The summed E-state index contributed by atoms with van der Waals surface area (Å²) >= 11 is 0. The highest BCUT2D eigenvalue weighted by molar-refractivity contribution is 5.16. The molecule has 0 heteroatoms. The van der Waals surface area contributed by atoms with E-state index in [4.69, 9.17) is 0 Å². The molecule has 0 aliphatic rings. The van der Waals surface area contributed by atoms with Crippen molar-refractivity contribution in [3.63, 3.8) is 0 Å². The molecule has 0 radical (unpaired) electrons. The van der Waals surface area contributed by atoms with Gasteiger partial charge in [-0.15, -0.1) is 13.2 Å². The van der Waals surface area contributed by atoms with Gasteiger partial charge in [-0.1, -0.05) is 42.9 Å². The maximum atomic E-state index is 3.71. The second kappa shape index (κ2) is 8.06. The normalized spacial score (nSPS) is 9.75. The molecule has 0 aromatic rings. The van der Waals surface area contributed by atoms with Crippen molar-refractivity contribution in [3.05, 3.63) is 49.1 Å². The molecule has 0 N–H and O–H groups in total. The molecule has 0 amide bonds. The number of hydrogen-bond donors (Lipinski definition) is 0. The van der Waals surface area contributed by atoms with Crippen molar-refractivity contribution in [1.82, 2.24) is 0 Å². The van der Waals surface area contributed by atoms with E-state index in [0.717, 1.165) is 19.3 Å². The monoisotopic (exact) mass is 162 g/mol. The molecule has 0 aromatic carbocycles. The van der Waals surface area contributed by atoms with Crippen LogP contribution in [-0.2, 0) is 0 Å². The minimum Gasteiger partial charge on any atom is -0.103 e. The average molecular weight is 162 g/mol. The molecule has 66 valence electrons. The molecule has 0 spiro atoms. The lowest BCUT2D eigenvalue weighted by atomic mass is 10.1. The van der Waals surface area contributed by atoms with Crippen LogP contribution < -0.4 is 0 Å². The molecule has 0 aliphatic heterocycles. The average Bonchev–Trinajstić information content (AvgIpc) is 2.06. The van der Waals surface area contributed by atoms with Crippen molar-refractivity contribution < 1.29 is 0 Å². The van der Waals surface area contributed by atoms with Gasteiger partial charge in [0, 0.05) is 0 Å². The third kappa shape index (κ3) is 5.72. The highest BCUT2D eigenvalue weighted by Crippen LogP contribution is 2.08. The molecule has 0 unspecified atom stereocenters. The fraction of sp³-hybridized carbons (Fsp3) is 0.333. The van der Waals surface area contributed by atoms with Gasteiger partial charge in [-0.3, -0.25) is 0 Å². The van der Waals surface area contributed by atoms with Gasteiger partial charge < -0.3 is 0 Å². The molecule has 0 saturated heterocycles. The Bertz CT molecular complexity index is 170. The zero-order chi connectivity index (χ0) is 9.23.